The second-order valence-corrected chi connectivity index (χ2v) is 8.54. The Bertz CT molecular complexity index is 1190. The molecule has 1 amide bonds. The minimum atomic E-state index is -3.81. The Balaban J connectivity index is 1.90. The molecule has 2 heterocycles. The van der Waals surface area contributed by atoms with Gasteiger partial charge in [0.25, 0.3) is 5.91 Å². The van der Waals surface area contributed by atoms with Gasteiger partial charge in [-0.3, -0.25) is 14.6 Å². The van der Waals surface area contributed by atoms with Crippen LogP contribution in [0.2, 0.25) is 0 Å². The van der Waals surface area contributed by atoms with Crippen LogP contribution in [0.1, 0.15) is 42.7 Å². The van der Waals surface area contributed by atoms with E-state index in [0.717, 1.165) is 24.2 Å². The zero-order chi connectivity index (χ0) is 21.9. The molecule has 0 spiro atoms. The largest absolute Gasteiger partial charge is 0.320 e. The van der Waals surface area contributed by atoms with Crippen LogP contribution in [-0.4, -0.2) is 35.3 Å². The first-order valence-corrected chi connectivity index (χ1v) is 11.0. The second kappa shape index (κ2) is 8.74. The molecule has 0 saturated carbocycles. The molecular weight excluding hydrogens is 416 g/mol. The van der Waals surface area contributed by atoms with Gasteiger partial charge in [0.15, 0.2) is 11.5 Å². The molecule has 1 aromatic carbocycles. The van der Waals surface area contributed by atoms with Gasteiger partial charge in [-0.15, -0.1) is 0 Å². The third-order valence-corrected chi connectivity index (χ3v) is 5.77. The first-order chi connectivity index (χ1) is 14.3. The fourth-order valence-electron chi connectivity index (χ4n) is 2.97. The van der Waals surface area contributed by atoms with Crippen LogP contribution in [0, 0.1) is 11.6 Å². The lowest BCUT2D eigenvalue weighted by atomic mass is 10.1. The number of aryl methyl sites for hydroxylation is 1. The van der Waals surface area contributed by atoms with Gasteiger partial charge in [0.1, 0.15) is 11.4 Å². The Morgan fingerprint density at radius 3 is 2.67 bits per heavy atom. The molecule has 3 N–H and O–H groups in total. The number of hydrogen-bond acceptors (Lipinski definition) is 5. The highest BCUT2D eigenvalue weighted by Gasteiger charge is 2.23. The number of sulfonamides is 1. The van der Waals surface area contributed by atoms with E-state index in [4.69, 9.17) is 0 Å². The molecule has 3 rings (SSSR count). The molecule has 0 saturated heterocycles. The number of H-pyrrole nitrogens is 1. The quantitative estimate of drug-likeness (QED) is 0.498. The lowest BCUT2D eigenvalue weighted by molar-refractivity contribution is 0.101. The van der Waals surface area contributed by atoms with Crippen LogP contribution in [0.15, 0.2) is 24.4 Å². The number of benzene rings is 1. The lowest BCUT2D eigenvalue weighted by Crippen LogP contribution is -2.20. The van der Waals surface area contributed by atoms with E-state index >= 15 is 0 Å². The number of amides is 1. The average Bonchev–Trinajstić information content (AvgIpc) is 3.07. The molecule has 2 aromatic heterocycles. The fraction of sp³-hybridized carbons (Fsp3) is 0.316. The number of aromatic nitrogens is 3. The average molecular weight is 437 g/mol. The molecule has 30 heavy (non-hydrogen) atoms. The predicted molar refractivity (Wildman–Crippen MR) is 110 cm³/mol. The topological polar surface area (TPSA) is 117 Å². The Hall–Kier alpha value is -3.08. The van der Waals surface area contributed by atoms with Crippen LogP contribution in [0.4, 0.5) is 20.2 Å². The maximum Gasteiger partial charge on any atom is 0.261 e. The van der Waals surface area contributed by atoms with Gasteiger partial charge in [-0.25, -0.2) is 22.2 Å². The standard InChI is InChI=1S/C19H21F2N5O3S/c1-3-5-14-12-9-11(10-22-18(12)25-24-14)23-19(27)16-13(20)6-7-15(17(16)21)26-30(28,29)8-4-2/h6-7,9-10,26H,3-5,8H2,1-2H3,(H,23,27)(H,22,24,25). The molecular formula is C19H21F2N5O3S. The van der Waals surface area contributed by atoms with Crippen molar-refractivity contribution in [2.75, 3.05) is 15.8 Å². The number of carbonyl (C=O) groups excluding carboxylic acids is 1. The third-order valence-electron chi connectivity index (χ3n) is 4.30. The number of pyridine rings is 1. The van der Waals surface area contributed by atoms with E-state index in [1.54, 1.807) is 13.0 Å². The highest BCUT2D eigenvalue weighted by molar-refractivity contribution is 7.92. The van der Waals surface area contributed by atoms with Crippen molar-refractivity contribution in [1.29, 1.82) is 0 Å². The van der Waals surface area contributed by atoms with E-state index in [1.807, 2.05) is 11.6 Å². The van der Waals surface area contributed by atoms with Crippen molar-refractivity contribution in [3.63, 3.8) is 0 Å². The van der Waals surface area contributed by atoms with E-state index in [-0.39, 0.29) is 11.4 Å². The molecule has 0 fully saturated rings. The number of nitrogens with one attached hydrogen (secondary N) is 3. The van der Waals surface area contributed by atoms with Crippen LogP contribution < -0.4 is 10.0 Å². The summed E-state index contributed by atoms with van der Waals surface area (Å²) in [5.74, 6) is -3.71. The molecule has 3 aromatic rings. The second-order valence-electron chi connectivity index (χ2n) is 6.70. The van der Waals surface area contributed by atoms with Crippen molar-refractivity contribution in [2.24, 2.45) is 0 Å². The highest BCUT2D eigenvalue weighted by atomic mass is 32.2. The van der Waals surface area contributed by atoms with Gasteiger partial charge in [0, 0.05) is 5.39 Å². The van der Waals surface area contributed by atoms with Gasteiger partial charge in [-0.2, -0.15) is 5.10 Å². The molecule has 0 radical (unpaired) electrons. The number of fused-ring (bicyclic) bond motifs is 1. The van der Waals surface area contributed by atoms with Crippen molar-refractivity contribution in [1.82, 2.24) is 15.2 Å². The molecule has 0 atom stereocenters. The summed E-state index contributed by atoms with van der Waals surface area (Å²) >= 11 is 0. The summed E-state index contributed by atoms with van der Waals surface area (Å²) in [6.07, 6.45) is 3.20. The Labute approximate surface area is 172 Å². The van der Waals surface area contributed by atoms with Crippen LogP contribution in [-0.2, 0) is 16.4 Å². The number of hydrogen-bond donors (Lipinski definition) is 3. The smallest absolute Gasteiger partial charge is 0.261 e. The normalized spacial score (nSPS) is 11.6. The summed E-state index contributed by atoms with van der Waals surface area (Å²) in [5.41, 5.74) is 0.125. The number of carbonyl (C=O) groups is 1. The molecule has 0 bridgehead atoms. The fourth-order valence-corrected chi connectivity index (χ4v) is 4.10. The first-order valence-electron chi connectivity index (χ1n) is 9.38. The Morgan fingerprint density at radius 2 is 1.97 bits per heavy atom. The van der Waals surface area contributed by atoms with Crippen LogP contribution in [0.5, 0.6) is 0 Å². The van der Waals surface area contributed by atoms with E-state index in [2.05, 4.69) is 20.5 Å². The number of aromatic amines is 1. The molecule has 0 aliphatic heterocycles. The summed E-state index contributed by atoms with van der Waals surface area (Å²) in [6, 6.07) is 3.38. The predicted octanol–water partition coefficient (Wildman–Crippen LogP) is 3.59. The number of rotatable bonds is 8. The van der Waals surface area contributed by atoms with Crippen LogP contribution in [0.3, 0.4) is 0 Å². The zero-order valence-corrected chi connectivity index (χ0v) is 17.2. The number of halogens is 2. The minimum absolute atomic E-state index is 0.224. The molecule has 11 heteroatoms. The van der Waals surface area contributed by atoms with Crippen molar-refractivity contribution in [3.05, 3.63) is 47.3 Å². The summed E-state index contributed by atoms with van der Waals surface area (Å²) in [5, 5.41) is 10.0. The van der Waals surface area contributed by atoms with Crippen molar-refractivity contribution in [2.45, 2.75) is 33.1 Å². The summed E-state index contributed by atoms with van der Waals surface area (Å²) in [6.45, 7) is 3.64. The number of anilines is 2. The van der Waals surface area contributed by atoms with E-state index in [9.17, 15) is 22.0 Å². The summed E-state index contributed by atoms with van der Waals surface area (Å²) < 4.78 is 54.8. The Morgan fingerprint density at radius 1 is 1.20 bits per heavy atom. The lowest BCUT2D eigenvalue weighted by Gasteiger charge is -2.12. The maximum atomic E-state index is 14.8. The summed E-state index contributed by atoms with van der Waals surface area (Å²) in [7, 11) is -3.81. The van der Waals surface area contributed by atoms with Crippen molar-refractivity contribution < 1.29 is 22.0 Å². The third kappa shape index (κ3) is 4.56. The Kier molecular flexibility index (Phi) is 6.30. The van der Waals surface area contributed by atoms with E-state index in [1.165, 1.54) is 6.20 Å². The van der Waals surface area contributed by atoms with Crippen LogP contribution in [0.25, 0.3) is 11.0 Å². The van der Waals surface area contributed by atoms with E-state index in [0.29, 0.717) is 23.9 Å². The van der Waals surface area contributed by atoms with Crippen molar-refractivity contribution >= 4 is 38.3 Å². The molecule has 160 valence electrons. The van der Waals surface area contributed by atoms with Crippen LogP contribution >= 0.6 is 0 Å². The van der Waals surface area contributed by atoms with Gasteiger partial charge in [0.05, 0.1) is 29.0 Å². The maximum absolute atomic E-state index is 14.8. The van der Waals surface area contributed by atoms with Gasteiger partial charge < -0.3 is 5.32 Å². The molecule has 0 unspecified atom stereocenters. The molecule has 0 aliphatic rings. The number of nitrogens with zero attached hydrogens (tertiary/aromatic N) is 2. The summed E-state index contributed by atoms with van der Waals surface area (Å²) in [4.78, 5) is 16.7. The van der Waals surface area contributed by atoms with Gasteiger partial charge in [-0.1, -0.05) is 20.3 Å². The minimum Gasteiger partial charge on any atom is -0.320 e. The van der Waals surface area contributed by atoms with Gasteiger partial charge in [0.2, 0.25) is 10.0 Å². The zero-order valence-electron chi connectivity index (χ0n) is 16.4. The highest BCUT2D eigenvalue weighted by Crippen LogP contribution is 2.25. The molecule has 8 nitrogen and oxygen atoms in total. The SMILES string of the molecule is CCCc1n[nH]c2ncc(NC(=O)c3c(F)ccc(NS(=O)(=O)CCC)c3F)cc12. The van der Waals surface area contributed by atoms with Gasteiger partial charge in [-0.05, 0) is 31.0 Å². The van der Waals surface area contributed by atoms with Crippen molar-refractivity contribution in [3.8, 4) is 0 Å². The first kappa shape index (κ1) is 21.6. The van der Waals surface area contributed by atoms with E-state index < -0.39 is 38.8 Å². The molecule has 0 aliphatic carbocycles. The monoisotopic (exact) mass is 437 g/mol. The van der Waals surface area contributed by atoms with Gasteiger partial charge >= 0.3 is 0 Å².